The first kappa shape index (κ1) is 13.5. The number of ether oxygens (including phenoxy) is 1. The molecule has 1 saturated heterocycles. The molecule has 5 heteroatoms. The molecule has 0 amide bonds. The molecule has 2 aromatic heterocycles. The number of hydrogen-bond donors (Lipinski definition) is 1. The number of fused-ring (bicyclic) bond motifs is 3. The van der Waals surface area contributed by atoms with Crippen LogP contribution in [-0.2, 0) is 4.74 Å². The lowest BCUT2D eigenvalue weighted by atomic mass is 10.1. The average Bonchev–Trinajstić information content (AvgIpc) is 2.85. The second-order valence-corrected chi connectivity index (χ2v) is 6.21. The number of rotatable bonds is 1. The number of aromatic amines is 1. The number of benzene rings is 1. The second-order valence-electron chi connectivity index (χ2n) is 6.21. The third-order valence-corrected chi connectivity index (χ3v) is 4.32. The Balaban J connectivity index is 1.91. The van der Waals surface area contributed by atoms with Gasteiger partial charge < -0.3 is 14.6 Å². The summed E-state index contributed by atoms with van der Waals surface area (Å²) in [5.41, 5.74) is 4.38. The van der Waals surface area contributed by atoms with Gasteiger partial charge in [-0.05, 0) is 32.4 Å². The van der Waals surface area contributed by atoms with Crippen LogP contribution in [0.5, 0.6) is 0 Å². The minimum Gasteiger partial charge on any atom is -0.372 e. The van der Waals surface area contributed by atoms with Gasteiger partial charge in [-0.15, -0.1) is 0 Å². The Kier molecular flexibility index (Phi) is 3.04. The van der Waals surface area contributed by atoms with E-state index in [1.54, 1.807) is 6.33 Å². The van der Waals surface area contributed by atoms with E-state index in [0.717, 1.165) is 35.5 Å². The molecule has 1 aliphatic heterocycles. The molecule has 1 fully saturated rings. The number of hydrogen-bond acceptors (Lipinski definition) is 4. The number of H-pyrrole nitrogens is 1. The van der Waals surface area contributed by atoms with Gasteiger partial charge in [-0.3, -0.25) is 0 Å². The Bertz CT molecular complexity index is 831. The third kappa shape index (κ3) is 2.04. The molecule has 4 rings (SSSR count). The van der Waals surface area contributed by atoms with Crippen LogP contribution in [0.4, 0.5) is 5.82 Å². The lowest BCUT2D eigenvalue weighted by molar-refractivity contribution is -0.00537. The molecule has 0 radical (unpaired) electrons. The van der Waals surface area contributed by atoms with Gasteiger partial charge in [0.1, 0.15) is 17.4 Å². The first-order valence-corrected chi connectivity index (χ1v) is 7.76. The van der Waals surface area contributed by atoms with Crippen LogP contribution in [0.1, 0.15) is 19.4 Å². The topological polar surface area (TPSA) is 54.0 Å². The van der Waals surface area contributed by atoms with Gasteiger partial charge in [-0.1, -0.05) is 12.1 Å². The Morgan fingerprint density at radius 3 is 2.73 bits per heavy atom. The fraction of sp³-hybridized carbons (Fsp3) is 0.412. The zero-order valence-corrected chi connectivity index (χ0v) is 13.1. The summed E-state index contributed by atoms with van der Waals surface area (Å²) in [7, 11) is 0. The molecule has 3 aromatic rings. The number of morpholine rings is 1. The van der Waals surface area contributed by atoms with Crippen LogP contribution in [-0.4, -0.2) is 40.2 Å². The van der Waals surface area contributed by atoms with Crippen LogP contribution in [0.3, 0.4) is 0 Å². The Morgan fingerprint density at radius 2 is 1.95 bits per heavy atom. The first-order valence-electron chi connectivity index (χ1n) is 7.76. The van der Waals surface area contributed by atoms with Crippen LogP contribution in [0.2, 0.25) is 0 Å². The van der Waals surface area contributed by atoms with Gasteiger partial charge in [0.25, 0.3) is 0 Å². The van der Waals surface area contributed by atoms with Crippen LogP contribution in [0.15, 0.2) is 24.5 Å². The summed E-state index contributed by atoms with van der Waals surface area (Å²) >= 11 is 0. The Morgan fingerprint density at radius 1 is 1.18 bits per heavy atom. The molecule has 22 heavy (non-hydrogen) atoms. The van der Waals surface area contributed by atoms with E-state index in [1.165, 1.54) is 10.9 Å². The molecular weight excluding hydrogens is 276 g/mol. The summed E-state index contributed by atoms with van der Waals surface area (Å²) in [5, 5.41) is 1.19. The molecule has 1 N–H and O–H groups in total. The van der Waals surface area contributed by atoms with Crippen molar-refractivity contribution in [2.45, 2.75) is 33.0 Å². The highest BCUT2D eigenvalue weighted by atomic mass is 16.5. The lowest BCUT2D eigenvalue weighted by Gasteiger charge is -2.36. The predicted molar refractivity (Wildman–Crippen MR) is 88.4 cm³/mol. The zero-order chi connectivity index (χ0) is 15.3. The van der Waals surface area contributed by atoms with E-state index in [2.05, 4.69) is 58.8 Å². The third-order valence-electron chi connectivity index (χ3n) is 4.32. The summed E-state index contributed by atoms with van der Waals surface area (Å²) in [6.07, 6.45) is 2.09. The molecule has 5 nitrogen and oxygen atoms in total. The summed E-state index contributed by atoms with van der Waals surface area (Å²) in [5.74, 6) is 0.975. The van der Waals surface area contributed by atoms with Gasteiger partial charge in [0.15, 0.2) is 5.82 Å². The molecule has 2 atom stereocenters. The summed E-state index contributed by atoms with van der Waals surface area (Å²) < 4.78 is 5.83. The van der Waals surface area contributed by atoms with Gasteiger partial charge in [0.05, 0.1) is 12.2 Å². The van der Waals surface area contributed by atoms with Crippen LogP contribution in [0.25, 0.3) is 21.9 Å². The maximum Gasteiger partial charge on any atom is 0.156 e. The highest BCUT2D eigenvalue weighted by Gasteiger charge is 2.25. The molecule has 0 spiro atoms. The predicted octanol–water partition coefficient (Wildman–Crippen LogP) is 3.03. The molecule has 0 bridgehead atoms. The lowest BCUT2D eigenvalue weighted by Crippen LogP contribution is -2.46. The highest BCUT2D eigenvalue weighted by molar-refractivity contribution is 6.09. The number of nitrogens with one attached hydrogen (secondary N) is 1. The summed E-state index contributed by atoms with van der Waals surface area (Å²) in [6, 6.07) is 6.29. The van der Waals surface area contributed by atoms with Crippen molar-refractivity contribution in [2.24, 2.45) is 0 Å². The van der Waals surface area contributed by atoms with Crippen molar-refractivity contribution < 1.29 is 4.74 Å². The van der Waals surface area contributed by atoms with Crippen LogP contribution in [0, 0.1) is 6.92 Å². The SMILES string of the molecule is Cc1cccc2[nH]c3c(N4CC(C)OC(C)C4)ncnc3c12. The first-order chi connectivity index (χ1) is 10.6. The van der Waals surface area contributed by atoms with E-state index < -0.39 is 0 Å². The molecule has 3 heterocycles. The van der Waals surface area contributed by atoms with E-state index in [-0.39, 0.29) is 12.2 Å². The molecule has 1 aromatic carbocycles. The van der Waals surface area contributed by atoms with Gasteiger partial charge in [0.2, 0.25) is 0 Å². The van der Waals surface area contributed by atoms with E-state index in [9.17, 15) is 0 Å². The van der Waals surface area contributed by atoms with E-state index in [0.29, 0.717) is 0 Å². The van der Waals surface area contributed by atoms with Crippen molar-refractivity contribution in [3.63, 3.8) is 0 Å². The number of anilines is 1. The van der Waals surface area contributed by atoms with Crippen LogP contribution >= 0.6 is 0 Å². The summed E-state index contributed by atoms with van der Waals surface area (Å²) in [6.45, 7) is 8.04. The van der Waals surface area contributed by atoms with Crippen molar-refractivity contribution in [1.82, 2.24) is 15.0 Å². The fourth-order valence-electron chi connectivity index (χ4n) is 3.49. The zero-order valence-electron chi connectivity index (χ0n) is 13.1. The number of aromatic nitrogens is 3. The Labute approximate surface area is 129 Å². The Hall–Kier alpha value is -2.14. The maximum atomic E-state index is 5.83. The minimum absolute atomic E-state index is 0.208. The van der Waals surface area contributed by atoms with E-state index in [4.69, 9.17) is 4.74 Å². The van der Waals surface area contributed by atoms with Crippen molar-refractivity contribution >= 4 is 27.8 Å². The van der Waals surface area contributed by atoms with E-state index >= 15 is 0 Å². The maximum absolute atomic E-state index is 5.83. The number of nitrogens with zero attached hydrogens (tertiary/aromatic N) is 3. The van der Waals surface area contributed by atoms with E-state index in [1.807, 2.05) is 0 Å². The standard InChI is InChI=1S/C17H20N4O/c1-10-5-4-6-13-14(10)15-16(20-13)17(19-9-18-15)21-7-11(2)22-12(3)8-21/h4-6,9,11-12,20H,7-8H2,1-3H3. The molecule has 0 saturated carbocycles. The average molecular weight is 296 g/mol. The minimum atomic E-state index is 0.208. The van der Waals surface area contributed by atoms with Gasteiger partial charge in [-0.2, -0.15) is 0 Å². The normalized spacial score (nSPS) is 22.6. The van der Waals surface area contributed by atoms with Crippen molar-refractivity contribution in [1.29, 1.82) is 0 Å². The molecule has 114 valence electrons. The molecular formula is C17H20N4O. The smallest absolute Gasteiger partial charge is 0.156 e. The fourth-order valence-corrected chi connectivity index (χ4v) is 3.49. The highest BCUT2D eigenvalue weighted by Crippen LogP contribution is 2.32. The van der Waals surface area contributed by atoms with Crippen molar-refractivity contribution in [3.05, 3.63) is 30.1 Å². The van der Waals surface area contributed by atoms with Gasteiger partial charge in [0, 0.05) is 24.0 Å². The second kappa shape index (κ2) is 4.95. The summed E-state index contributed by atoms with van der Waals surface area (Å²) in [4.78, 5) is 14.9. The van der Waals surface area contributed by atoms with Gasteiger partial charge in [-0.25, -0.2) is 9.97 Å². The quantitative estimate of drug-likeness (QED) is 0.750. The molecule has 0 aliphatic carbocycles. The monoisotopic (exact) mass is 296 g/mol. The molecule has 1 aliphatic rings. The number of aryl methyl sites for hydroxylation is 1. The molecule has 2 unspecified atom stereocenters. The van der Waals surface area contributed by atoms with Gasteiger partial charge >= 0.3 is 0 Å². The van der Waals surface area contributed by atoms with Crippen LogP contribution < -0.4 is 4.90 Å². The van der Waals surface area contributed by atoms with Crippen molar-refractivity contribution in [2.75, 3.05) is 18.0 Å². The largest absolute Gasteiger partial charge is 0.372 e. The van der Waals surface area contributed by atoms with Crippen molar-refractivity contribution in [3.8, 4) is 0 Å².